The van der Waals surface area contributed by atoms with Crippen molar-refractivity contribution in [2.45, 2.75) is 82.9 Å². The van der Waals surface area contributed by atoms with E-state index in [1.807, 2.05) is 13.8 Å². The molecule has 2 aliphatic heterocycles. The smallest absolute Gasteiger partial charge is 0.167 e. The van der Waals surface area contributed by atoms with Crippen molar-refractivity contribution in [3.8, 4) is 0 Å². The lowest BCUT2D eigenvalue weighted by atomic mass is 9.43. The van der Waals surface area contributed by atoms with Gasteiger partial charge < -0.3 is 24.8 Å². The number of rotatable bonds is 1. The van der Waals surface area contributed by atoms with Crippen molar-refractivity contribution in [3.05, 3.63) is 0 Å². The summed E-state index contributed by atoms with van der Waals surface area (Å²) in [6.07, 6.45) is 2.61. The van der Waals surface area contributed by atoms with Crippen LogP contribution in [0.4, 0.5) is 0 Å². The van der Waals surface area contributed by atoms with Crippen LogP contribution in [-0.4, -0.2) is 57.9 Å². The number of Topliss-reactive ketones (excluding diaryl/α,β-unsaturated/α-hetero) is 1. The molecular weight excluding hydrogens is 336 g/mol. The highest BCUT2D eigenvalue weighted by atomic mass is 16.6. The molecule has 0 amide bonds. The first kappa shape index (κ1) is 18.8. The van der Waals surface area contributed by atoms with Gasteiger partial charge in [-0.05, 0) is 31.1 Å². The van der Waals surface area contributed by atoms with Crippen LogP contribution in [0.2, 0.25) is 0 Å². The van der Waals surface area contributed by atoms with Crippen LogP contribution in [0.1, 0.15) is 59.3 Å². The highest BCUT2D eigenvalue weighted by Crippen LogP contribution is 2.67. The lowest BCUT2D eigenvalue weighted by Gasteiger charge is -2.64. The molecule has 4 rings (SSSR count). The fourth-order valence-electron chi connectivity index (χ4n) is 7.00. The molecule has 3 N–H and O–H groups in total. The van der Waals surface area contributed by atoms with Crippen LogP contribution < -0.4 is 0 Å². The number of aliphatic hydroxyl groups excluding tert-OH is 3. The molecule has 8 atom stereocenters. The van der Waals surface area contributed by atoms with E-state index in [9.17, 15) is 20.1 Å². The van der Waals surface area contributed by atoms with Gasteiger partial charge in [-0.3, -0.25) is 4.79 Å². The number of ether oxygens (including phenoxy) is 2. The Morgan fingerprint density at radius 2 is 1.88 bits per heavy atom. The van der Waals surface area contributed by atoms with Crippen molar-refractivity contribution in [2.24, 2.45) is 22.7 Å². The van der Waals surface area contributed by atoms with Gasteiger partial charge in [0.1, 0.15) is 6.10 Å². The van der Waals surface area contributed by atoms with Gasteiger partial charge in [-0.15, -0.1) is 0 Å². The maximum atomic E-state index is 13.1. The van der Waals surface area contributed by atoms with Crippen molar-refractivity contribution in [2.75, 3.05) is 13.2 Å². The molecule has 6 heteroatoms. The summed E-state index contributed by atoms with van der Waals surface area (Å²) in [7, 11) is 0. The summed E-state index contributed by atoms with van der Waals surface area (Å²) in [5.74, 6) is -0.928. The zero-order chi connectivity index (χ0) is 19.0. The summed E-state index contributed by atoms with van der Waals surface area (Å²) in [6, 6.07) is 0. The van der Waals surface area contributed by atoms with Crippen LogP contribution in [0.5, 0.6) is 0 Å². The summed E-state index contributed by atoms with van der Waals surface area (Å²) < 4.78 is 12.1. The number of ketones is 1. The molecule has 2 saturated carbocycles. The minimum Gasteiger partial charge on any atom is -0.396 e. The standard InChI is InChI=1S/C20H32O6/c1-12-14(23)15(24)16-17(2,10-21)5-4-6-18(16,3)20(12)8-7-19(26-20)9-13(22)25-11-19/h12-13,15-16,21-22,24H,4-11H2,1-3H3/t12-,13+,15-,16+,17-,18+,19-,20-/m1/s1. The van der Waals surface area contributed by atoms with Crippen LogP contribution in [-0.2, 0) is 14.3 Å². The molecule has 0 radical (unpaired) electrons. The monoisotopic (exact) mass is 368 g/mol. The van der Waals surface area contributed by atoms with Crippen LogP contribution in [0.25, 0.3) is 0 Å². The van der Waals surface area contributed by atoms with Gasteiger partial charge >= 0.3 is 0 Å². The van der Waals surface area contributed by atoms with Crippen molar-refractivity contribution in [1.29, 1.82) is 0 Å². The van der Waals surface area contributed by atoms with E-state index in [0.29, 0.717) is 13.0 Å². The highest BCUT2D eigenvalue weighted by molar-refractivity contribution is 5.88. The summed E-state index contributed by atoms with van der Waals surface area (Å²) in [4.78, 5) is 13.1. The maximum absolute atomic E-state index is 13.1. The predicted molar refractivity (Wildman–Crippen MR) is 93.2 cm³/mol. The Morgan fingerprint density at radius 1 is 1.15 bits per heavy atom. The fraction of sp³-hybridized carbons (Fsp3) is 0.950. The molecule has 4 fully saturated rings. The molecule has 26 heavy (non-hydrogen) atoms. The summed E-state index contributed by atoms with van der Waals surface area (Å²) >= 11 is 0. The van der Waals surface area contributed by atoms with Crippen LogP contribution >= 0.6 is 0 Å². The molecule has 2 heterocycles. The Bertz CT molecular complexity index is 609. The lowest BCUT2D eigenvalue weighted by molar-refractivity contribution is -0.262. The summed E-state index contributed by atoms with van der Waals surface area (Å²) in [5, 5.41) is 30.9. The van der Waals surface area contributed by atoms with Crippen molar-refractivity contribution < 1.29 is 29.6 Å². The van der Waals surface area contributed by atoms with E-state index >= 15 is 0 Å². The molecule has 0 aromatic carbocycles. The Balaban J connectivity index is 1.80. The lowest BCUT2D eigenvalue weighted by Crippen LogP contribution is -2.70. The van der Waals surface area contributed by atoms with E-state index in [0.717, 1.165) is 32.1 Å². The fourth-order valence-corrected chi connectivity index (χ4v) is 7.00. The normalized spacial score (nSPS) is 57.1. The van der Waals surface area contributed by atoms with Gasteiger partial charge in [0.05, 0.1) is 17.8 Å². The maximum Gasteiger partial charge on any atom is 0.167 e. The molecule has 6 nitrogen and oxygen atoms in total. The Labute approximate surface area is 154 Å². The van der Waals surface area contributed by atoms with E-state index in [1.54, 1.807) is 0 Å². The molecule has 148 valence electrons. The van der Waals surface area contributed by atoms with E-state index in [2.05, 4.69) is 6.92 Å². The van der Waals surface area contributed by atoms with Gasteiger partial charge in [-0.2, -0.15) is 0 Å². The number of aliphatic hydroxyl groups is 3. The molecule has 0 aromatic heterocycles. The van der Waals surface area contributed by atoms with Crippen molar-refractivity contribution in [3.63, 3.8) is 0 Å². The Hall–Kier alpha value is -0.530. The summed E-state index contributed by atoms with van der Waals surface area (Å²) in [6.45, 7) is 6.31. The van der Waals surface area contributed by atoms with Gasteiger partial charge in [-0.25, -0.2) is 0 Å². The number of hydrogen-bond donors (Lipinski definition) is 3. The Morgan fingerprint density at radius 3 is 2.50 bits per heavy atom. The van der Waals surface area contributed by atoms with Crippen molar-refractivity contribution in [1.82, 2.24) is 0 Å². The first-order valence-electron chi connectivity index (χ1n) is 9.96. The third-order valence-electron chi connectivity index (χ3n) is 8.38. The largest absolute Gasteiger partial charge is 0.396 e. The molecule has 2 aliphatic carbocycles. The first-order chi connectivity index (χ1) is 12.1. The van der Waals surface area contributed by atoms with Gasteiger partial charge in [0.25, 0.3) is 0 Å². The number of fused-ring (bicyclic) bond motifs is 2. The average molecular weight is 368 g/mol. The van der Waals surface area contributed by atoms with Crippen LogP contribution in [0.3, 0.4) is 0 Å². The minimum absolute atomic E-state index is 0.0466. The second-order valence-electron chi connectivity index (χ2n) is 9.77. The zero-order valence-corrected chi connectivity index (χ0v) is 16.0. The van der Waals surface area contributed by atoms with Crippen LogP contribution in [0, 0.1) is 22.7 Å². The minimum atomic E-state index is -1.07. The Kier molecular flexibility index (Phi) is 4.15. The molecular formula is C20H32O6. The number of carbonyl (C=O) groups is 1. The number of hydrogen-bond acceptors (Lipinski definition) is 6. The second kappa shape index (κ2) is 5.74. The van der Waals surface area contributed by atoms with E-state index < -0.39 is 40.3 Å². The first-order valence-corrected chi connectivity index (χ1v) is 9.96. The quantitative estimate of drug-likeness (QED) is 0.647. The molecule has 0 bridgehead atoms. The van der Waals surface area contributed by atoms with Gasteiger partial charge in [0.15, 0.2) is 12.1 Å². The topological polar surface area (TPSA) is 96.2 Å². The predicted octanol–water partition coefficient (Wildman–Crippen LogP) is 1.40. The van der Waals surface area contributed by atoms with Crippen LogP contribution in [0.15, 0.2) is 0 Å². The van der Waals surface area contributed by atoms with Crippen molar-refractivity contribution >= 4 is 5.78 Å². The molecule has 0 unspecified atom stereocenters. The van der Waals surface area contributed by atoms with Gasteiger partial charge in [0, 0.05) is 30.3 Å². The zero-order valence-electron chi connectivity index (χ0n) is 16.0. The molecule has 2 spiro atoms. The average Bonchev–Trinajstić information content (AvgIpc) is 3.16. The SMILES string of the molecule is C[C@@H]1C(=O)[C@@H](O)[C@H]2[C@@](C)(CO)CCC[C@]2(C)[C@@]12CC[C@@]1(CO[C@H](O)C1)O2. The third kappa shape index (κ3) is 2.20. The van der Waals surface area contributed by atoms with Gasteiger partial charge in [0.2, 0.25) is 0 Å². The number of carbonyl (C=O) groups excluding carboxylic acids is 1. The third-order valence-corrected chi connectivity index (χ3v) is 8.38. The van der Waals surface area contributed by atoms with E-state index in [4.69, 9.17) is 9.47 Å². The highest BCUT2D eigenvalue weighted by Gasteiger charge is 2.72. The molecule has 2 saturated heterocycles. The van der Waals surface area contributed by atoms with E-state index in [-0.39, 0.29) is 18.3 Å². The molecule has 0 aromatic rings. The molecule has 4 aliphatic rings. The van der Waals surface area contributed by atoms with Gasteiger partial charge in [-0.1, -0.05) is 27.2 Å². The summed E-state index contributed by atoms with van der Waals surface area (Å²) in [5.41, 5.74) is -2.14. The second-order valence-corrected chi connectivity index (χ2v) is 9.77. The van der Waals surface area contributed by atoms with E-state index in [1.165, 1.54) is 0 Å².